The minimum Gasteiger partial charge on any atom is -0.377 e. The van der Waals surface area contributed by atoms with Crippen molar-refractivity contribution in [2.45, 2.75) is 6.42 Å². The Balaban J connectivity index is 0. The fourth-order valence-corrected chi connectivity index (χ4v) is 0.298. The third kappa shape index (κ3) is 15.7. The van der Waals surface area contributed by atoms with Crippen molar-refractivity contribution in [2.75, 3.05) is 20.3 Å². The first-order valence-corrected chi connectivity index (χ1v) is 3.12. The van der Waals surface area contributed by atoms with Crippen LogP contribution in [-0.4, -0.2) is 26.5 Å². The predicted molar refractivity (Wildman–Crippen MR) is 41.8 cm³/mol. The molecule has 0 aromatic rings. The lowest BCUT2D eigenvalue weighted by Gasteiger charge is -1.92. The van der Waals surface area contributed by atoms with E-state index in [0.29, 0.717) is 19.6 Å². The van der Waals surface area contributed by atoms with Crippen LogP contribution in [0, 0.1) is 0 Å². The maximum absolute atomic E-state index is 9.66. The van der Waals surface area contributed by atoms with Gasteiger partial charge in [0, 0.05) is 6.42 Å². The number of carbonyl (C=O) groups excluding carboxylic acids is 1. The topological polar surface area (TPSA) is 52.3 Å². The summed E-state index contributed by atoms with van der Waals surface area (Å²) < 4.78 is 4.87. The smallest absolute Gasteiger partial charge is 0.122 e. The van der Waals surface area contributed by atoms with Gasteiger partial charge in [0.1, 0.15) is 6.29 Å². The van der Waals surface area contributed by atoms with Gasteiger partial charge < -0.3 is 15.3 Å². The summed E-state index contributed by atoms with van der Waals surface area (Å²) in [4.78, 5) is 9.66. The Kier molecular flexibility index (Phi) is 19.0. The number of nitrogens with two attached hydrogens (primary N) is 1. The first kappa shape index (κ1) is 12.0. The van der Waals surface area contributed by atoms with Crippen LogP contribution in [-0.2, 0) is 9.53 Å². The van der Waals surface area contributed by atoms with Crippen molar-refractivity contribution in [3.05, 3.63) is 12.7 Å². The zero-order valence-electron chi connectivity index (χ0n) is 6.38. The highest BCUT2D eigenvalue weighted by atomic mass is 16.5. The van der Waals surface area contributed by atoms with Crippen molar-refractivity contribution in [3.8, 4) is 0 Å². The summed E-state index contributed by atoms with van der Waals surface area (Å²) in [6.45, 7) is 4.49. The zero-order valence-corrected chi connectivity index (χ0v) is 6.38. The summed E-state index contributed by atoms with van der Waals surface area (Å²) in [6.07, 6.45) is 2.97. The molecular weight excluding hydrogens is 130 g/mol. The van der Waals surface area contributed by atoms with Crippen LogP contribution in [0.15, 0.2) is 12.7 Å². The Labute approximate surface area is 61.9 Å². The first-order chi connectivity index (χ1) is 4.91. The molecule has 0 aliphatic rings. The monoisotopic (exact) mass is 145 g/mol. The molecular formula is C7H15NO2. The average Bonchev–Trinajstić information content (AvgIpc) is 2.02. The molecule has 0 unspecified atom stereocenters. The van der Waals surface area contributed by atoms with E-state index in [-0.39, 0.29) is 0 Å². The van der Waals surface area contributed by atoms with Crippen molar-refractivity contribution < 1.29 is 9.53 Å². The van der Waals surface area contributed by atoms with E-state index in [4.69, 9.17) is 4.74 Å². The van der Waals surface area contributed by atoms with Crippen molar-refractivity contribution >= 4 is 6.29 Å². The lowest BCUT2D eigenvalue weighted by Crippen LogP contribution is -1.93. The standard InChI is InChI=1S/C6H10O2.CH5N/c1-2-5-8-6-3-4-7;1-2/h2,4H,1,3,5-6H2;2H2,1H3. The van der Waals surface area contributed by atoms with Crippen LogP contribution < -0.4 is 5.73 Å². The Bertz CT molecular complexity index is 64.0. The van der Waals surface area contributed by atoms with Gasteiger partial charge in [-0.15, -0.1) is 6.58 Å². The molecule has 0 bridgehead atoms. The van der Waals surface area contributed by atoms with Crippen molar-refractivity contribution in [2.24, 2.45) is 5.73 Å². The van der Waals surface area contributed by atoms with E-state index in [2.05, 4.69) is 12.3 Å². The van der Waals surface area contributed by atoms with Gasteiger partial charge in [0.25, 0.3) is 0 Å². The number of aldehydes is 1. The van der Waals surface area contributed by atoms with Gasteiger partial charge in [0.15, 0.2) is 0 Å². The van der Waals surface area contributed by atoms with E-state index in [0.717, 1.165) is 6.29 Å². The molecule has 3 nitrogen and oxygen atoms in total. The quantitative estimate of drug-likeness (QED) is 0.345. The number of ether oxygens (including phenoxy) is 1. The summed E-state index contributed by atoms with van der Waals surface area (Å²) in [7, 11) is 1.50. The second-order valence-electron chi connectivity index (χ2n) is 1.32. The van der Waals surface area contributed by atoms with Crippen molar-refractivity contribution in [1.29, 1.82) is 0 Å². The second kappa shape index (κ2) is 15.8. The molecule has 3 heteroatoms. The number of rotatable bonds is 5. The molecule has 0 heterocycles. The van der Waals surface area contributed by atoms with Crippen molar-refractivity contribution in [1.82, 2.24) is 0 Å². The van der Waals surface area contributed by atoms with Crippen LogP contribution in [0.5, 0.6) is 0 Å². The number of hydrogen-bond donors (Lipinski definition) is 1. The predicted octanol–water partition coefficient (Wildman–Crippen LogP) is 0.353. The maximum atomic E-state index is 9.66. The molecule has 0 aromatic carbocycles. The summed E-state index contributed by atoms with van der Waals surface area (Å²) in [5.41, 5.74) is 4.50. The first-order valence-electron chi connectivity index (χ1n) is 3.12. The molecule has 2 N–H and O–H groups in total. The summed E-state index contributed by atoms with van der Waals surface area (Å²) >= 11 is 0. The van der Waals surface area contributed by atoms with Gasteiger partial charge in [-0.2, -0.15) is 0 Å². The van der Waals surface area contributed by atoms with Gasteiger partial charge in [0.2, 0.25) is 0 Å². The van der Waals surface area contributed by atoms with Crippen LogP contribution in [0.4, 0.5) is 0 Å². The number of hydrogen-bond acceptors (Lipinski definition) is 3. The molecule has 10 heavy (non-hydrogen) atoms. The highest BCUT2D eigenvalue weighted by Crippen LogP contribution is 1.76. The summed E-state index contributed by atoms with van der Waals surface area (Å²) in [5, 5.41) is 0. The van der Waals surface area contributed by atoms with Gasteiger partial charge in [0.05, 0.1) is 13.2 Å². The maximum Gasteiger partial charge on any atom is 0.122 e. The highest BCUT2D eigenvalue weighted by molar-refractivity contribution is 5.49. The highest BCUT2D eigenvalue weighted by Gasteiger charge is 1.79. The van der Waals surface area contributed by atoms with Crippen molar-refractivity contribution in [3.63, 3.8) is 0 Å². The van der Waals surface area contributed by atoms with E-state index in [9.17, 15) is 4.79 Å². The fourth-order valence-electron chi connectivity index (χ4n) is 0.298. The summed E-state index contributed by atoms with van der Waals surface area (Å²) in [5.74, 6) is 0. The molecule has 0 aliphatic carbocycles. The summed E-state index contributed by atoms with van der Waals surface area (Å²) in [6, 6.07) is 0. The Morgan fingerprint density at radius 1 is 1.60 bits per heavy atom. The van der Waals surface area contributed by atoms with E-state index in [1.165, 1.54) is 7.05 Å². The fraction of sp³-hybridized carbons (Fsp3) is 0.571. The van der Waals surface area contributed by atoms with Gasteiger partial charge in [-0.05, 0) is 7.05 Å². The minimum atomic E-state index is 0.480. The lowest BCUT2D eigenvalue weighted by molar-refractivity contribution is -0.108. The Morgan fingerprint density at radius 3 is 2.60 bits per heavy atom. The second-order valence-corrected chi connectivity index (χ2v) is 1.32. The third-order valence-electron chi connectivity index (χ3n) is 0.616. The molecule has 0 atom stereocenters. The zero-order chi connectivity index (χ0) is 8.24. The molecule has 0 radical (unpaired) electrons. The van der Waals surface area contributed by atoms with Crippen LogP contribution >= 0.6 is 0 Å². The molecule has 0 fully saturated rings. The molecule has 0 rings (SSSR count). The third-order valence-corrected chi connectivity index (χ3v) is 0.616. The molecule has 0 spiro atoms. The van der Waals surface area contributed by atoms with E-state index in [1.807, 2.05) is 0 Å². The minimum absolute atomic E-state index is 0.480. The van der Waals surface area contributed by atoms with Gasteiger partial charge in [-0.1, -0.05) is 6.08 Å². The SMILES string of the molecule is C=CCOCCC=O.CN. The van der Waals surface area contributed by atoms with Crippen LogP contribution in [0.1, 0.15) is 6.42 Å². The Hall–Kier alpha value is -0.670. The number of carbonyl (C=O) groups is 1. The molecule has 0 aliphatic heterocycles. The van der Waals surface area contributed by atoms with Gasteiger partial charge in [-0.25, -0.2) is 0 Å². The van der Waals surface area contributed by atoms with E-state index >= 15 is 0 Å². The van der Waals surface area contributed by atoms with Crippen LogP contribution in [0.2, 0.25) is 0 Å². The normalized spacial score (nSPS) is 7.40. The molecule has 0 aromatic heterocycles. The van der Waals surface area contributed by atoms with E-state index in [1.54, 1.807) is 6.08 Å². The molecule has 0 saturated carbocycles. The van der Waals surface area contributed by atoms with Gasteiger partial charge >= 0.3 is 0 Å². The van der Waals surface area contributed by atoms with Crippen LogP contribution in [0.25, 0.3) is 0 Å². The lowest BCUT2D eigenvalue weighted by atomic mass is 10.5. The average molecular weight is 145 g/mol. The molecule has 0 saturated heterocycles. The Morgan fingerprint density at radius 2 is 2.20 bits per heavy atom. The van der Waals surface area contributed by atoms with Gasteiger partial charge in [-0.3, -0.25) is 0 Å². The van der Waals surface area contributed by atoms with E-state index < -0.39 is 0 Å². The van der Waals surface area contributed by atoms with Crippen LogP contribution in [0.3, 0.4) is 0 Å². The largest absolute Gasteiger partial charge is 0.377 e. The molecule has 0 amide bonds. The molecule has 60 valence electrons.